The molecule has 0 aliphatic carbocycles. The van der Waals surface area contributed by atoms with Gasteiger partial charge in [0, 0.05) is 5.56 Å². The third-order valence-electron chi connectivity index (χ3n) is 2.03. The Labute approximate surface area is 93.1 Å². The first kappa shape index (κ1) is 12.0. The highest BCUT2D eigenvalue weighted by Gasteiger charge is 2.13. The van der Waals surface area contributed by atoms with E-state index in [1.807, 2.05) is 0 Å². The van der Waals surface area contributed by atoms with E-state index in [0.717, 1.165) is 0 Å². The van der Waals surface area contributed by atoms with Crippen molar-refractivity contribution in [2.24, 2.45) is 5.73 Å². The van der Waals surface area contributed by atoms with Crippen molar-refractivity contribution in [3.63, 3.8) is 0 Å². The van der Waals surface area contributed by atoms with E-state index in [4.69, 9.17) is 15.2 Å². The monoisotopic (exact) mass is 223 g/mol. The van der Waals surface area contributed by atoms with Gasteiger partial charge in [0.25, 0.3) is 5.91 Å². The summed E-state index contributed by atoms with van der Waals surface area (Å²) in [6.07, 6.45) is -0.0999. The van der Waals surface area contributed by atoms with Crippen LogP contribution in [0.5, 0.6) is 11.5 Å². The summed E-state index contributed by atoms with van der Waals surface area (Å²) in [6.45, 7) is 1.52. The van der Waals surface area contributed by atoms with Crippen molar-refractivity contribution in [1.82, 2.24) is 0 Å². The fourth-order valence-electron chi connectivity index (χ4n) is 1.11. The molecular weight excluding hydrogens is 210 g/mol. The molecule has 1 rings (SSSR count). The fraction of sp³-hybridized carbons (Fsp3) is 0.273. The van der Waals surface area contributed by atoms with Crippen molar-refractivity contribution in [2.75, 3.05) is 7.11 Å². The van der Waals surface area contributed by atoms with Crippen LogP contribution in [-0.4, -0.2) is 25.4 Å². The van der Waals surface area contributed by atoms with Crippen molar-refractivity contribution in [3.05, 3.63) is 23.8 Å². The molecule has 5 nitrogen and oxygen atoms in total. The Morgan fingerprint density at radius 2 is 2.12 bits per heavy atom. The molecule has 16 heavy (non-hydrogen) atoms. The third-order valence-corrected chi connectivity index (χ3v) is 2.03. The zero-order valence-electron chi connectivity index (χ0n) is 9.10. The van der Waals surface area contributed by atoms with Crippen LogP contribution in [-0.2, 0) is 4.79 Å². The first-order valence-electron chi connectivity index (χ1n) is 4.67. The number of rotatable bonds is 5. The lowest BCUT2D eigenvalue weighted by Gasteiger charge is -2.14. The molecule has 0 heterocycles. The minimum absolute atomic E-state index is 0.318. The molecule has 0 bridgehead atoms. The van der Waals surface area contributed by atoms with Crippen LogP contribution in [0.25, 0.3) is 0 Å². The Bertz CT molecular complexity index is 403. The molecule has 86 valence electrons. The topological polar surface area (TPSA) is 78.6 Å². The summed E-state index contributed by atoms with van der Waals surface area (Å²) in [6, 6.07) is 4.67. The molecule has 0 aliphatic heterocycles. The summed E-state index contributed by atoms with van der Waals surface area (Å²) in [5.41, 5.74) is 5.51. The summed E-state index contributed by atoms with van der Waals surface area (Å²) in [5, 5.41) is 0. The first-order valence-corrected chi connectivity index (χ1v) is 4.67. The number of hydrogen-bond donors (Lipinski definition) is 1. The Morgan fingerprint density at radius 3 is 2.62 bits per heavy atom. The Hall–Kier alpha value is -2.04. The predicted molar refractivity (Wildman–Crippen MR) is 57.7 cm³/mol. The number of primary amides is 1. The van der Waals surface area contributed by atoms with E-state index < -0.39 is 12.0 Å². The van der Waals surface area contributed by atoms with E-state index in [-0.39, 0.29) is 0 Å². The lowest BCUT2D eigenvalue weighted by atomic mass is 10.2. The molecule has 1 aromatic rings. The molecular formula is C11H13NO4. The van der Waals surface area contributed by atoms with Crippen molar-refractivity contribution in [2.45, 2.75) is 13.0 Å². The second-order valence-electron chi connectivity index (χ2n) is 3.19. The number of nitrogens with two attached hydrogens (primary N) is 1. The molecule has 0 spiro atoms. The number of carbonyl (C=O) groups excluding carboxylic acids is 2. The van der Waals surface area contributed by atoms with Gasteiger partial charge < -0.3 is 15.2 Å². The maximum Gasteiger partial charge on any atom is 0.258 e. The van der Waals surface area contributed by atoms with E-state index >= 15 is 0 Å². The molecule has 1 unspecified atom stereocenters. The van der Waals surface area contributed by atoms with Crippen LogP contribution < -0.4 is 15.2 Å². The maximum atomic E-state index is 10.8. The van der Waals surface area contributed by atoms with Gasteiger partial charge in [-0.25, -0.2) is 0 Å². The highest BCUT2D eigenvalue weighted by Crippen LogP contribution is 2.28. The number of ether oxygens (including phenoxy) is 2. The Balaban J connectivity index is 2.99. The molecule has 0 fully saturated rings. The van der Waals surface area contributed by atoms with Gasteiger partial charge in [0.1, 0.15) is 6.29 Å². The first-order chi connectivity index (χ1) is 7.58. The summed E-state index contributed by atoms with van der Waals surface area (Å²) in [5.74, 6) is 0.177. The normalized spacial score (nSPS) is 11.6. The maximum absolute atomic E-state index is 10.8. The Kier molecular flexibility index (Phi) is 3.88. The number of methoxy groups -OCH3 is 1. The Morgan fingerprint density at radius 1 is 1.44 bits per heavy atom. The second kappa shape index (κ2) is 5.16. The quantitative estimate of drug-likeness (QED) is 0.747. The molecule has 1 amide bonds. The van der Waals surface area contributed by atoms with Crippen LogP contribution >= 0.6 is 0 Å². The van der Waals surface area contributed by atoms with Crippen molar-refractivity contribution >= 4 is 12.2 Å². The van der Waals surface area contributed by atoms with Gasteiger partial charge in [-0.1, -0.05) is 0 Å². The molecule has 1 aromatic carbocycles. The van der Waals surface area contributed by atoms with Gasteiger partial charge in [-0.05, 0) is 25.1 Å². The van der Waals surface area contributed by atoms with E-state index in [2.05, 4.69) is 0 Å². The molecule has 0 aliphatic rings. The van der Waals surface area contributed by atoms with Gasteiger partial charge in [0.05, 0.1) is 7.11 Å². The smallest absolute Gasteiger partial charge is 0.258 e. The molecule has 0 saturated carbocycles. The second-order valence-corrected chi connectivity index (χ2v) is 3.19. The SMILES string of the molecule is COc1ccc(C=O)cc1OC(C)C(N)=O. The lowest BCUT2D eigenvalue weighted by Crippen LogP contribution is -2.30. The third kappa shape index (κ3) is 2.73. The van der Waals surface area contributed by atoms with Crippen LogP contribution in [0.3, 0.4) is 0 Å². The average Bonchev–Trinajstić information content (AvgIpc) is 2.28. The molecule has 1 atom stereocenters. The van der Waals surface area contributed by atoms with Gasteiger partial charge >= 0.3 is 0 Å². The van der Waals surface area contributed by atoms with Gasteiger partial charge in [0.2, 0.25) is 0 Å². The van der Waals surface area contributed by atoms with Crippen molar-refractivity contribution in [3.8, 4) is 11.5 Å². The van der Waals surface area contributed by atoms with Crippen LogP contribution in [0.4, 0.5) is 0 Å². The van der Waals surface area contributed by atoms with Crippen molar-refractivity contribution < 1.29 is 19.1 Å². The molecule has 0 radical (unpaired) electrons. The lowest BCUT2D eigenvalue weighted by molar-refractivity contribution is -0.124. The number of benzene rings is 1. The van der Waals surface area contributed by atoms with Gasteiger partial charge in [-0.2, -0.15) is 0 Å². The van der Waals surface area contributed by atoms with E-state index in [1.54, 1.807) is 12.1 Å². The highest BCUT2D eigenvalue weighted by atomic mass is 16.5. The van der Waals surface area contributed by atoms with Crippen LogP contribution in [0, 0.1) is 0 Å². The minimum Gasteiger partial charge on any atom is -0.493 e. The zero-order valence-corrected chi connectivity index (χ0v) is 9.10. The largest absolute Gasteiger partial charge is 0.493 e. The molecule has 5 heteroatoms. The standard InChI is InChI=1S/C11H13NO4/c1-7(11(12)14)16-10-5-8(6-13)3-4-9(10)15-2/h3-7H,1-2H3,(H2,12,14). The minimum atomic E-state index is -0.782. The molecule has 2 N–H and O–H groups in total. The number of carbonyl (C=O) groups is 2. The van der Waals surface area contributed by atoms with Crippen LogP contribution in [0.2, 0.25) is 0 Å². The van der Waals surface area contributed by atoms with Crippen LogP contribution in [0.1, 0.15) is 17.3 Å². The van der Waals surface area contributed by atoms with E-state index in [9.17, 15) is 9.59 Å². The van der Waals surface area contributed by atoms with Crippen molar-refractivity contribution in [1.29, 1.82) is 0 Å². The number of amides is 1. The molecule has 0 aromatic heterocycles. The summed E-state index contributed by atoms with van der Waals surface area (Å²) >= 11 is 0. The number of hydrogen-bond acceptors (Lipinski definition) is 4. The summed E-state index contributed by atoms with van der Waals surface area (Å²) in [7, 11) is 1.47. The fourth-order valence-corrected chi connectivity index (χ4v) is 1.11. The van der Waals surface area contributed by atoms with Gasteiger partial charge in [0.15, 0.2) is 17.6 Å². The summed E-state index contributed by atoms with van der Waals surface area (Å²) in [4.78, 5) is 21.4. The molecule has 0 saturated heterocycles. The van der Waals surface area contributed by atoms with E-state index in [0.29, 0.717) is 23.3 Å². The van der Waals surface area contributed by atoms with Crippen LogP contribution in [0.15, 0.2) is 18.2 Å². The average molecular weight is 223 g/mol. The highest BCUT2D eigenvalue weighted by molar-refractivity contribution is 5.79. The zero-order chi connectivity index (χ0) is 12.1. The van der Waals surface area contributed by atoms with E-state index in [1.165, 1.54) is 20.1 Å². The van der Waals surface area contributed by atoms with Gasteiger partial charge in [-0.15, -0.1) is 0 Å². The predicted octanol–water partition coefficient (Wildman–Crippen LogP) is 0.760. The van der Waals surface area contributed by atoms with Gasteiger partial charge in [-0.3, -0.25) is 9.59 Å². The summed E-state index contributed by atoms with van der Waals surface area (Å²) < 4.78 is 10.3. The number of aldehydes is 1.